The minimum atomic E-state index is -1.52. The topological polar surface area (TPSA) is 78.9 Å². The molecule has 4 rings (SSSR count). The van der Waals surface area contributed by atoms with E-state index in [0.717, 1.165) is 0 Å². The molecule has 0 saturated carbocycles. The van der Waals surface area contributed by atoms with E-state index in [4.69, 9.17) is 4.74 Å². The summed E-state index contributed by atoms with van der Waals surface area (Å²) in [5, 5.41) is 13.2. The summed E-state index contributed by atoms with van der Waals surface area (Å²) in [6, 6.07) is 6.45. The number of imide groups is 1. The molecule has 0 aliphatic carbocycles. The smallest absolute Gasteiger partial charge is 0.332 e. The Kier molecular flexibility index (Phi) is 1.84. The number of amides is 3. The zero-order chi connectivity index (χ0) is 14.1. The van der Waals surface area contributed by atoms with Gasteiger partial charge in [0.15, 0.2) is 0 Å². The maximum Gasteiger partial charge on any atom is 0.332 e. The lowest BCUT2D eigenvalue weighted by molar-refractivity contribution is -0.148. The number of aliphatic hydroxyl groups is 1. The molecule has 0 radical (unpaired) electrons. The fourth-order valence-electron chi connectivity index (χ4n) is 3.43. The largest absolute Gasteiger partial charge is 0.465 e. The van der Waals surface area contributed by atoms with Gasteiger partial charge in [0, 0.05) is 5.56 Å². The Morgan fingerprint density at radius 3 is 2.90 bits per heavy atom. The normalized spacial score (nSPS) is 37.1. The van der Waals surface area contributed by atoms with E-state index in [9.17, 15) is 14.7 Å². The van der Waals surface area contributed by atoms with Crippen LogP contribution in [-0.4, -0.2) is 22.8 Å². The number of carbonyl (C=O) groups excluding carboxylic acids is 2. The number of benzene rings is 1. The lowest BCUT2D eigenvalue weighted by Gasteiger charge is -2.47. The van der Waals surface area contributed by atoms with Crippen molar-refractivity contribution in [3.63, 3.8) is 0 Å². The summed E-state index contributed by atoms with van der Waals surface area (Å²) in [7, 11) is 0. The summed E-state index contributed by atoms with van der Waals surface area (Å²) in [5.74, 6) is -1.20. The third-order valence-electron chi connectivity index (χ3n) is 4.32. The van der Waals surface area contributed by atoms with Gasteiger partial charge in [-0.1, -0.05) is 18.2 Å². The monoisotopic (exact) mass is 272 g/mol. The van der Waals surface area contributed by atoms with E-state index in [1.54, 1.807) is 37.3 Å². The Morgan fingerprint density at radius 1 is 1.35 bits per heavy atom. The highest BCUT2D eigenvalue weighted by atomic mass is 16.5. The van der Waals surface area contributed by atoms with Crippen molar-refractivity contribution in [3.8, 4) is 0 Å². The second kappa shape index (κ2) is 3.21. The molecule has 102 valence electrons. The van der Waals surface area contributed by atoms with Crippen molar-refractivity contribution < 1.29 is 19.4 Å². The fourth-order valence-corrected chi connectivity index (χ4v) is 3.43. The molecule has 3 aliphatic rings. The number of hydrogen-bond donors (Lipinski definition) is 2. The van der Waals surface area contributed by atoms with Gasteiger partial charge in [-0.05, 0) is 19.1 Å². The van der Waals surface area contributed by atoms with Gasteiger partial charge in [0.25, 0.3) is 11.6 Å². The molecule has 1 aromatic carbocycles. The molecule has 1 saturated heterocycles. The Hall–Kier alpha value is -2.34. The minimum Gasteiger partial charge on any atom is -0.465 e. The predicted molar refractivity (Wildman–Crippen MR) is 68.5 cm³/mol. The summed E-state index contributed by atoms with van der Waals surface area (Å²) in [5.41, 5.74) is -1.74. The van der Waals surface area contributed by atoms with Crippen LogP contribution < -0.4 is 10.2 Å². The highest BCUT2D eigenvalue weighted by Crippen LogP contribution is 2.54. The third-order valence-corrected chi connectivity index (χ3v) is 4.32. The first-order valence-electron chi connectivity index (χ1n) is 6.31. The molecule has 1 fully saturated rings. The molecule has 1 spiro atoms. The van der Waals surface area contributed by atoms with Gasteiger partial charge in [0.1, 0.15) is 5.60 Å². The SMILES string of the molecule is CC1(O)c2ccccc2N2C(=O)NC(=O)C23OC=CC13. The number of rotatable bonds is 0. The van der Waals surface area contributed by atoms with Gasteiger partial charge >= 0.3 is 6.03 Å². The Bertz CT molecular complexity index is 682. The maximum atomic E-state index is 12.3. The molecule has 3 amide bonds. The van der Waals surface area contributed by atoms with Gasteiger partial charge < -0.3 is 9.84 Å². The average Bonchev–Trinajstić information content (AvgIpc) is 2.94. The second-order valence-corrected chi connectivity index (χ2v) is 5.38. The lowest BCUT2D eigenvalue weighted by Crippen LogP contribution is -2.63. The molecule has 0 aromatic heterocycles. The quantitative estimate of drug-likeness (QED) is 0.685. The van der Waals surface area contributed by atoms with Crippen molar-refractivity contribution in [3.05, 3.63) is 42.2 Å². The summed E-state index contributed by atoms with van der Waals surface area (Å²) < 4.78 is 5.50. The van der Waals surface area contributed by atoms with E-state index in [0.29, 0.717) is 11.3 Å². The molecule has 0 bridgehead atoms. The molecule has 1 aromatic rings. The van der Waals surface area contributed by atoms with E-state index < -0.39 is 29.2 Å². The van der Waals surface area contributed by atoms with Gasteiger partial charge in [0.2, 0.25) is 0 Å². The van der Waals surface area contributed by atoms with Crippen LogP contribution in [0.2, 0.25) is 0 Å². The van der Waals surface area contributed by atoms with E-state index in [2.05, 4.69) is 5.32 Å². The van der Waals surface area contributed by atoms with Crippen LogP contribution >= 0.6 is 0 Å². The van der Waals surface area contributed by atoms with Crippen LogP contribution in [-0.2, 0) is 15.1 Å². The number of carbonyl (C=O) groups is 2. The van der Waals surface area contributed by atoms with E-state index in [1.807, 2.05) is 0 Å². The van der Waals surface area contributed by atoms with Crippen molar-refractivity contribution in [1.29, 1.82) is 0 Å². The molecule has 3 heterocycles. The number of fused-ring (bicyclic) bond motifs is 2. The van der Waals surface area contributed by atoms with Crippen LogP contribution in [0.3, 0.4) is 0 Å². The molecule has 2 N–H and O–H groups in total. The Labute approximate surface area is 114 Å². The molecule has 3 aliphatic heterocycles. The summed E-state index contributed by atoms with van der Waals surface area (Å²) >= 11 is 0. The highest BCUT2D eigenvalue weighted by Gasteiger charge is 2.69. The predicted octanol–water partition coefficient (Wildman–Crippen LogP) is 0.820. The number of urea groups is 1. The molecule has 3 unspecified atom stereocenters. The van der Waals surface area contributed by atoms with Crippen LogP contribution in [0.4, 0.5) is 10.5 Å². The van der Waals surface area contributed by atoms with Crippen molar-refractivity contribution in [1.82, 2.24) is 5.32 Å². The summed E-state index contributed by atoms with van der Waals surface area (Å²) in [6.45, 7) is 1.63. The number of anilines is 1. The standard InChI is InChI=1S/C14H12N2O4/c1-13(19)8-4-2-3-5-9(8)16-12(18)15-11(17)14(16)10(13)6-7-20-14/h2-7,10,19H,1H3,(H,15,17,18). The van der Waals surface area contributed by atoms with Gasteiger partial charge in [-0.3, -0.25) is 10.1 Å². The maximum absolute atomic E-state index is 12.3. The van der Waals surface area contributed by atoms with Crippen LogP contribution in [0.15, 0.2) is 36.6 Å². The second-order valence-electron chi connectivity index (χ2n) is 5.38. The van der Waals surface area contributed by atoms with Crippen molar-refractivity contribution >= 4 is 17.6 Å². The average molecular weight is 272 g/mol. The van der Waals surface area contributed by atoms with E-state index >= 15 is 0 Å². The number of nitrogens with one attached hydrogen (secondary N) is 1. The number of nitrogens with zero attached hydrogens (tertiary/aromatic N) is 1. The fraction of sp³-hybridized carbons (Fsp3) is 0.286. The van der Waals surface area contributed by atoms with Crippen LogP contribution in [0, 0.1) is 5.92 Å². The van der Waals surface area contributed by atoms with Crippen LogP contribution in [0.1, 0.15) is 12.5 Å². The number of para-hydroxylation sites is 1. The first-order valence-corrected chi connectivity index (χ1v) is 6.31. The summed E-state index contributed by atoms with van der Waals surface area (Å²) in [4.78, 5) is 25.7. The van der Waals surface area contributed by atoms with Crippen molar-refractivity contribution in [2.45, 2.75) is 18.2 Å². The van der Waals surface area contributed by atoms with E-state index in [-0.39, 0.29) is 0 Å². The number of hydrogen-bond acceptors (Lipinski definition) is 4. The Balaban J connectivity index is 2.07. The van der Waals surface area contributed by atoms with E-state index in [1.165, 1.54) is 11.2 Å². The van der Waals surface area contributed by atoms with Gasteiger partial charge in [0.05, 0.1) is 17.9 Å². The molecular formula is C14H12N2O4. The van der Waals surface area contributed by atoms with Gasteiger partial charge in [-0.15, -0.1) is 0 Å². The lowest BCUT2D eigenvalue weighted by atomic mass is 9.72. The zero-order valence-electron chi connectivity index (χ0n) is 10.7. The summed E-state index contributed by atoms with van der Waals surface area (Å²) in [6.07, 6.45) is 3.00. The van der Waals surface area contributed by atoms with Crippen LogP contribution in [0.5, 0.6) is 0 Å². The molecule has 3 atom stereocenters. The van der Waals surface area contributed by atoms with Gasteiger partial charge in [-0.25, -0.2) is 9.69 Å². The molecule has 6 nitrogen and oxygen atoms in total. The number of ether oxygens (including phenoxy) is 1. The van der Waals surface area contributed by atoms with Crippen molar-refractivity contribution in [2.24, 2.45) is 5.92 Å². The zero-order valence-corrected chi connectivity index (χ0v) is 10.7. The first kappa shape index (κ1) is 11.5. The highest BCUT2D eigenvalue weighted by molar-refractivity contribution is 6.17. The Morgan fingerprint density at radius 2 is 2.10 bits per heavy atom. The third kappa shape index (κ3) is 1.01. The minimum absolute atomic E-state index is 0.487. The molecule has 20 heavy (non-hydrogen) atoms. The van der Waals surface area contributed by atoms with Gasteiger partial charge in [-0.2, -0.15) is 0 Å². The molecule has 6 heteroatoms. The van der Waals surface area contributed by atoms with Crippen molar-refractivity contribution in [2.75, 3.05) is 4.90 Å². The van der Waals surface area contributed by atoms with Crippen LogP contribution in [0.25, 0.3) is 0 Å². The first-order chi connectivity index (χ1) is 9.49. The molecular weight excluding hydrogens is 260 g/mol.